The number of hydrogen-bond donors (Lipinski definition) is 2. The van der Waals surface area contributed by atoms with E-state index in [4.69, 9.17) is 5.11 Å². The number of aliphatic carboxylic acids is 1. The van der Waals surface area contributed by atoms with Crippen molar-refractivity contribution in [1.82, 2.24) is 5.32 Å². The number of carbonyl (C=O) groups is 2. The van der Waals surface area contributed by atoms with E-state index in [0.717, 1.165) is 0 Å². The van der Waals surface area contributed by atoms with Crippen LogP contribution in [0.15, 0.2) is 0 Å². The number of carbonyl (C=O) groups excluding carboxylic acids is 1. The molecule has 0 bridgehead atoms. The molecule has 0 aromatic rings. The van der Waals surface area contributed by atoms with Crippen LogP contribution in [0.25, 0.3) is 0 Å². The Morgan fingerprint density at radius 3 is 2.40 bits per heavy atom. The molecule has 0 aromatic carbocycles. The third-order valence-corrected chi connectivity index (χ3v) is 1.17. The molecule has 10 heavy (non-hydrogen) atoms. The van der Waals surface area contributed by atoms with Crippen molar-refractivity contribution < 1.29 is 14.7 Å². The van der Waals surface area contributed by atoms with Crippen molar-refractivity contribution in [3.63, 3.8) is 0 Å². The molecular formula is C6H11NO3. The highest BCUT2D eigenvalue weighted by atomic mass is 16.4. The molecule has 0 fully saturated rings. The Morgan fingerprint density at radius 1 is 1.60 bits per heavy atom. The fraction of sp³-hybridized carbons (Fsp3) is 0.667. The molecular weight excluding hydrogens is 134 g/mol. The van der Waals surface area contributed by atoms with Gasteiger partial charge in [0.05, 0.1) is 6.42 Å². The third kappa shape index (κ3) is 3.06. The summed E-state index contributed by atoms with van der Waals surface area (Å²) in [6, 6.07) is 0. The second kappa shape index (κ2) is 3.87. The maximum absolute atomic E-state index is 10.7. The van der Waals surface area contributed by atoms with Gasteiger partial charge in [-0.3, -0.25) is 9.59 Å². The maximum atomic E-state index is 10.7. The first kappa shape index (κ1) is 8.94. The van der Waals surface area contributed by atoms with Gasteiger partial charge in [-0.1, -0.05) is 6.92 Å². The van der Waals surface area contributed by atoms with Crippen LogP contribution >= 0.6 is 0 Å². The monoisotopic (exact) mass is 145 g/mol. The zero-order valence-corrected chi connectivity index (χ0v) is 6.05. The van der Waals surface area contributed by atoms with Crippen molar-refractivity contribution in [2.24, 2.45) is 5.92 Å². The summed E-state index contributed by atoms with van der Waals surface area (Å²) in [6.45, 7) is 1.58. The average Bonchev–Trinajstić information content (AvgIpc) is 1.85. The lowest BCUT2D eigenvalue weighted by atomic mass is 10.1. The standard InChI is InChI=1S/C6H11NO3/c1-4(3-5(8)9)6(10)7-2/h4H,3H2,1-2H3,(H,7,10)(H,8,9)/t4-/m1/s1. The van der Waals surface area contributed by atoms with Gasteiger partial charge in [-0.2, -0.15) is 0 Å². The number of nitrogens with one attached hydrogen (secondary N) is 1. The Bertz CT molecular complexity index is 144. The number of hydrogen-bond acceptors (Lipinski definition) is 2. The highest BCUT2D eigenvalue weighted by molar-refractivity contribution is 5.82. The van der Waals surface area contributed by atoms with Crippen molar-refractivity contribution in [3.05, 3.63) is 0 Å². The molecule has 0 aliphatic carbocycles. The minimum atomic E-state index is -0.948. The van der Waals surface area contributed by atoms with E-state index < -0.39 is 11.9 Å². The molecule has 2 N–H and O–H groups in total. The molecule has 0 aliphatic heterocycles. The van der Waals surface area contributed by atoms with E-state index in [9.17, 15) is 9.59 Å². The van der Waals surface area contributed by atoms with E-state index in [1.165, 1.54) is 7.05 Å². The van der Waals surface area contributed by atoms with E-state index in [0.29, 0.717) is 0 Å². The third-order valence-electron chi connectivity index (χ3n) is 1.17. The van der Waals surface area contributed by atoms with E-state index in [-0.39, 0.29) is 12.3 Å². The van der Waals surface area contributed by atoms with Gasteiger partial charge in [0.1, 0.15) is 0 Å². The van der Waals surface area contributed by atoms with Crippen LogP contribution in [0.2, 0.25) is 0 Å². The molecule has 58 valence electrons. The fourth-order valence-electron chi connectivity index (χ4n) is 0.601. The van der Waals surface area contributed by atoms with Crippen LogP contribution in [-0.2, 0) is 9.59 Å². The summed E-state index contributed by atoms with van der Waals surface area (Å²) in [4.78, 5) is 20.7. The molecule has 0 saturated heterocycles. The van der Waals surface area contributed by atoms with Crippen molar-refractivity contribution in [1.29, 1.82) is 0 Å². The molecule has 0 aromatic heterocycles. The lowest BCUT2D eigenvalue weighted by Gasteiger charge is -2.04. The van der Waals surface area contributed by atoms with E-state index >= 15 is 0 Å². The SMILES string of the molecule is CNC(=O)[C@H](C)CC(=O)O. The Labute approximate surface area is 59.2 Å². The minimum Gasteiger partial charge on any atom is -0.481 e. The van der Waals surface area contributed by atoms with Crippen LogP contribution in [0.3, 0.4) is 0 Å². The molecule has 0 spiro atoms. The molecule has 0 radical (unpaired) electrons. The Hall–Kier alpha value is -1.06. The highest BCUT2D eigenvalue weighted by Crippen LogP contribution is 1.99. The molecule has 0 unspecified atom stereocenters. The van der Waals surface area contributed by atoms with Gasteiger partial charge in [-0.05, 0) is 0 Å². The number of amides is 1. The van der Waals surface area contributed by atoms with Gasteiger partial charge in [0.25, 0.3) is 0 Å². The molecule has 4 heteroatoms. The zero-order chi connectivity index (χ0) is 8.15. The topological polar surface area (TPSA) is 66.4 Å². The lowest BCUT2D eigenvalue weighted by molar-refractivity contribution is -0.140. The Morgan fingerprint density at radius 2 is 2.10 bits per heavy atom. The molecule has 0 saturated carbocycles. The van der Waals surface area contributed by atoms with Crippen LogP contribution in [-0.4, -0.2) is 24.0 Å². The first-order chi connectivity index (χ1) is 4.57. The lowest BCUT2D eigenvalue weighted by Crippen LogP contribution is -2.26. The van der Waals surface area contributed by atoms with E-state index in [2.05, 4.69) is 5.32 Å². The maximum Gasteiger partial charge on any atom is 0.304 e. The van der Waals surface area contributed by atoms with Gasteiger partial charge in [-0.25, -0.2) is 0 Å². The first-order valence-electron chi connectivity index (χ1n) is 3.01. The average molecular weight is 145 g/mol. The number of rotatable bonds is 3. The summed E-state index contributed by atoms with van der Waals surface area (Å²) in [6.07, 6.45) is -0.111. The van der Waals surface area contributed by atoms with Crippen LogP contribution < -0.4 is 5.32 Å². The normalized spacial score (nSPS) is 12.2. The predicted molar refractivity (Wildman–Crippen MR) is 35.5 cm³/mol. The largest absolute Gasteiger partial charge is 0.481 e. The van der Waals surface area contributed by atoms with Crippen LogP contribution in [0.4, 0.5) is 0 Å². The second-order valence-corrected chi connectivity index (χ2v) is 2.11. The van der Waals surface area contributed by atoms with Crippen molar-refractivity contribution >= 4 is 11.9 Å². The molecule has 0 aliphatic rings. The summed E-state index contributed by atoms with van der Waals surface area (Å²) < 4.78 is 0. The molecule has 0 heterocycles. The van der Waals surface area contributed by atoms with Gasteiger partial charge in [0, 0.05) is 13.0 Å². The summed E-state index contributed by atoms with van der Waals surface area (Å²) >= 11 is 0. The van der Waals surface area contributed by atoms with Crippen molar-refractivity contribution in [3.8, 4) is 0 Å². The summed E-state index contributed by atoms with van der Waals surface area (Å²) in [5.74, 6) is -1.62. The zero-order valence-electron chi connectivity index (χ0n) is 6.05. The van der Waals surface area contributed by atoms with Gasteiger partial charge >= 0.3 is 5.97 Å². The quantitative estimate of drug-likeness (QED) is 0.580. The summed E-state index contributed by atoms with van der Waals surface area (Å²) in [7, 11) is 1.49. The van der Waals surface area contributed by atoms with E-state index in [1.54, 1.807) is 6.92 Å². The highest BCUT2D eigenvalue weighted by Gasteiger charge is 2.13. The van der Waals surface area contributed by atoms with Crippen LogP contribution in [0, 0.1) is 5.92 Å². The number of carboxylic acids is 1. The van der Waals surface area contributed by atoms with Gasteiger partial charge in [0.15, 0.2) is 0 Å². The van der Waals surface area contributed by atoms with Gasteiger partial charge in [-0.15, -0.1) is 0 Å². The number of carboxylic acid groups (broad SMARTS) is 1. The van der Waals surface area contributed by atoms with Gasteiger partial charge < -0.3 is 10.4 Å². The van der Waals surface area contributed by atoms with Crippen molar-refractivity contribution in [2.75, 3.05) is 7.05 Å². The molecule has 4 nitrogen and oxygen atoms in total. The van der Waals surface area contributed by atoms with Gasteiger partial charge in [0.2, 0.25) is 5.91 Å². The van der Waals surface area contributed by atoms with Crippen LogP contribution in [0.1, 0.15) is 13.3 Å². The second-order valence-electron chi connectivity index (χ2n) is 2.11. The molecule has 1 atom stereocenters. The summed E-state index contributed by atoms with van der Waals surface area (Å²) in [5, 5.41) is 10.6. The first-order valence-corrected chi connectivity index (χ1v) is 3.01. The smallest absolute Gasteiger partial charge is 0.304 e. The Balaban J connectivity index is 3.72. The van der Waals surface area contributed by atoms with E-state index in [1.807, 2.05) is 0 Å². The minimum absolute atomic E-state index is 0.111. The molecule has 0 rings (SSSR count). The van der Waals surface area contributed by atoms with Crippen molar-refractivity contribution in [2.45, 2.75) is 13.3 Å². The summed E-state index contributed by atoms with van der Waals surface area (Å²) in [5.41, 5.74) is 0. The predicted octanol–water partition coefficient (Wildman–Crippen LogP) is -0.157. The fourth-order valence-corrected chi connectivity index (χ4v) is 0.601. The Kier molecular flexibility index (Phi) is 3.46. The van der Waals surface area contributed by atoms with Crippen LogP contribution in [0.5, 0.6) is 0 Å². The molecule has 1 amide bonds.